The number of nitrogens with one attached hydrogen (secondary N) is 1. The van der Waals surface area contributed by atoms with Gasteiger partial charge in [0.15, 0.2) is 0 Å². The predicted molar refractivity (Wildman–Crippen MR) is 83.8 cm³/mol. The molecule has 3 rings (SSSR count). The Kier molecular flexibility index (Phi) is 3.83. The minimum absolute atomic E-state index is 0.121. The van der Waals surface area contributed by atoms with E-state index in [1.807, 2.05) is 42.6 Å². The van der Waals surface area contributed by atoms with E-state index in [4.69, 9.17) is 0 Å². The van der Waals surface area contributed by atoms with E-state index >= 15 is 0 Å². The van der Waals surface area contributed by atoms with Gasteiger partial charge >= 0.3 is 0 Å². The van der Waals surface area contributed by atoms with Gasteiger partial charge in [-0.25, -0.2) is 4.98 Å². The van der Waals surface area contributed by atoms with Crippen molar-refractivity contribution < 1.29 is 4.79 Å². The van der Waals surface area contributed by atoms with Crippen molar-refractivity contribution in [3.05, 3.63) is 70.4 Å². The zero-order valence-electron chi connectivity index (χ0n) is 11.6. The number of hydrogen-bond donors (Lipinski definition) is 1. The number of nitrogens with zero attached hydrogens (tertiary/aromatic N) is 2. The number of imidazole rings is 1. The minimum Gasteiger partial charge on any atom is -0.346 e. The van der Waals surface area contributed by atoms with Crippen LogP contribution in [0.4, 0.5) is 0 Å². The van der Waals surface area contributed by atoms with Gasteiger partial charge in [-0.15, -0.1) is 11.3 Å². The fourth-order valence-electron chi connectivity index (χ4n) is 2.09. The van der Waals surface area contributed by atoms with Gasteiger partial charge in [0.2, 0.25) is 0 Å². The van der Waals surface area contributed by atoms with E-state index in [0.29, 0.717) is 12.2 Å². The second kappa shape index (κ2) is 5.93. The molecule has 0 saturated heterocycles. The fourth-order valence-corrected chi connectivity index (χ4v) is 2.94. The van der Waals surface area contributed by atoms with Crippen molar-refractivity contribution in [2.75, 3.05) is 0 Å². The fraction of sp³-hybridized carbons (Fsp3) is 0.125. The quantitative estimate of drug-likeness (QED) is 0.804. The Hall–Kier alpha value is -2.40. The van der Waals surface area contributed by atoms with Crippen LogP contribution in [-0.2, 0) is 6.54 Å². The summed E-state index contributed by atoms with van der Waals surface area (Å²) in [5, 5.41) is 4.98. The van der Waals surface area contributed by atoms with Crippen LogP contribution < -0.4 is 5.32 Å². The van der Waals surface area contributed by atoms with Gasteiger partial charge in [0.25, 0.3) is 5.91 Å². The van der Waals surface area contributed by atoms with E-state index in [-0.39, 0.29) is 5.91 Å². The lowest BCUT2D eigenvalue weighted by atomic mass is 10.3. The first-order chi connectivity index (χ1) is 10.3. The second-order valence-corrected chi connectivity index (χ2v) is 5.69. The molecule has 5 heteroatoms. The summed E-state index contributed by atoms with van der Waals surface area (Å²) in [4.78, 5) is 17.6. The first-order valence-corrected chi connectivity index (χ1v) is 7.52. The zero-order valence-corrected chi connectivity index (χ0v) is 12.4. The highest BCUT2D eigenvalue weighted by Crippen LogP contribution is 2.15. The van der Waals surface area contributed by atoms with Gasteiger partial charge < -0.3 is 5.32 Å². The van der Waals surface area contributed by atoms with Crippen LogP contribution in [0.5, 0.6) is 0 Å². The van der Waals surface area contributed by atoms with Gasteiger partial charge in [0.05, 0.1) is 19.1 Å². The number of carbonyl (C=O) groups is 1. The Labute approximate surface area is 127 Å². The van der Waals surface area contributed by atoms with Crippen LogP contribution in [0.3, 0.4) is 0 Å². The van der Waals surface area contributed by atoms with Gasteiger partial charge in [-0.05, 0) is 36.1 Å². The Balaban J connectivity index is 1.77. The van der Waals surface area contributed by atoms with E-state index in [0.717, 1.165) is 5.69 Å². The molecular formula is C16H15N3OS. The lowest BCUT2D eigenvalue weighted by molar-refractivity contribution is 0.0944. The van der Waals surface area contributed by atoms with Crippen molar-refractivity contribution in [1.29, 1.82) is 0 Å². The van der Waals surface area contributed by atoms with Gasteiger partial charge in [0.1, 0.15) is 5.69 Å². The number of aryl methyl sites for hydroxylation is 1. The molecule has 4 nitrogen and oxygen atoms in total. The van der Waals surface area contributed by atoms with Crippen LogP contribution in [0.15, 0.2) is 54.3 Å². The lowest BCUT2D eigenvalue weighted by Crippen LogP contribution is -2.24. The highest BCUT2D eigenvalue weighted by molar-refractivity contribution is 7.10. The maximum absolute atomic E-state index is 12.3. The SMILES string of the molecule is Cc1ccsc1CNC(=O)c1cncn1-c1ccccc1. The van der Waals surface area contributed by atoms with Crippen LogP contribution in [0, 0.1) is 6.92 Å². The highest BCUT2D eigenvalue weighted by Gasteiger charge is 2.13. The Morgan fingerprint density at radius 2 is 2.10 bits per heavy atom. The number of benzene rings is 1. The van der Waals surface area contributed by atoms with E-state index in [1.165, 1.54) is 10.4 Å². The van der Waals surface area contributed by atoms with Crippen LogP contribution in [0.2, 0.25) is 0 Å². The minimum atomic E-state index is -0.121. The predicted octanol–water partition coefficient (Wildman–Crippen LogP) is 3.17. The average Bonchev–Trinajstić information content (AvgIpc) is 3.15. The third kappa shape index (κ3) is 2.87. The summed E-state index contributed by atoms with van der Waals surface area (Å²) in [5.41, 5.74) is 2.67. The summed E-state index contributed by atoms with van der Waals surface area (Å²) in [6.45, 7) is 2.59. The molecule has 0 fully saturated rings. The standard InChI is InChI=1S/C16H15N3OS/c1-12-7-8-21-15(12)10-18-16(20)14-9-17-11-19(14)13-5-3-2-4-6-13/h2-9,11H,10H2,1H3,(H,18,20). The molecule has 21 heavy (non-hydrogen) atoms. The number of rotatable bonds is 4. The molecule has 0 atom stereocenters. The molecule has 1 N–H and O–H groups in total. The maximum atomic E-state index is 12.3. The van der Waals surface area contributed by atoms with Gasteiger partial charge in [0, 0.05) is 10.6 Å². The summed E-state index contributed by atoms with van der Waals surface area (Å²) in [7, 11) is 0. The molecule has 0 radical (unpaired) electrons. The van der Waals surface area contributed by atoms with Gasteiger partial charge in [-0.2, -0.15) is 0 Å². The summed E-state index contributed by atoms with van der Waals surface area (Å²) < 4.78 is 1.79. The van der Waals surface area contributed by atoms with Gasteiger partial charge in [-0.3, -0.25) is 9.36 Å². The van der Waals surface area contributed by atoms with Crippen molar-refractivity contribution in [2.24, 2.45) is 0 Å². The molecule has 0 aliphatic carbocycles. The monoisotopic (exact) mass is 297 g/mol. The summed E-state index contributed by atoms with van der Waals surface area (Å²) in [5.74, 6) is -0.121. The first kappa shape index (κ1) is 13.6. The van der Waals surface area contributed by atoms with Crippen molar-refractivity contribution in [1.82, 2.24) is 14.9 Å². The number of aromatic nitrogens is 2. The maximum Gasteiger partial charge on any atom is 0.270 e. The van der Waals surface area contributed by atoms with E-state index in [1.54, 1.807) is 28.4 Å². The van der Waals surface area contributed by atoms with Crippen LogP contribution in [0.1, 0.15) is 20.9 Å². The number of carbonyl (C=O) groups excluding carboxylic acids is 1. The van der Waals surface area contributed by atoms with Crippen LogP contribution >= 0.6 is 11.3 Å². The molecule has 1 amide bonds. The van der Waals surface area contributed by atoms with Crippen LogP contribution in [0.25, 0.3) is 5.69 Å². The molecular weight excluding hydrogens is 282 g/mol. The van der Waals surface area contributed by atoms with Gasteiger partial charge in [-0.1, -0.05) is 18.2 Å². The molecule has 0 aliphatic heterocycles. The molecule has 0 spiro atoms. The number of hydrogen-bond acceptors (Lipinski definition) is 3. The first-order valence-electron chi connectivity index (χ1n) is 6.64. The molecule has 0 unspecified atom stereocenters. The average molecular weight is 297 g/mol. The molecule has 2 heterocycles. The second-order valence-electron chi connectivity index (χ2n) is 4.69. The molecule has 1 aromatic carbocycles. The number of thiophene rings is 1. The molecule has 3 aromatic rings. The molecule has 0 aliphatic rings. The lowest BCUT2D eigenvalue weighted by Gasteiger charge is -2.08. The largest absolute Gasteiger partial charge is 0.346 e. The van der Waals surface area contributed by atoms with Crippen molar-refractivity contribution in [3.63, 3.8) is 0 Å². The third-order valence-corrected chi connectivity index (χ3v) is 4.31. The Bertz CT molecular complexity index is 746. The van der Waals surface area contributed by atoms with E-state index in [2.05, 4.69) is 16.4 Å². The topological polar surface area (TPSA) is 46.9 Å². The molecule has 0 saturated carbocycles. The highest BCUT2D eigenvalue weighted by atomic mass is 32.1. The summed E-state index contributed by atoms with van der Waals surface area (Å²) in [6.07, 6.45) is 3.24. The molecule has 2 aromatic heterocycles. The Morgan fingerprint density at radius 3 is 2.81 bits per heavy atom. The number of amides is 1. The van der Waals surface area contributed by atoms with Crippen LogP contribution in [-0.4, -0.2) is 15.5 Å². The van der Waals surface area contributed by atoms with Crippen molar-refractivity contribution in [2.45, 2.75) is 13.5 Å². The zero-order chi connectivity index (χ0) is 14.7. The summed E-state index contributed by atoms with van der Waals surface area (Å²) in [6, 6.07) is 11.8. The van der Waals surface area contributed by atoms with E-state index < -0.39 is 0 Å². The summed E-state index contributed by atoms with van der Waals surface area (Å²) >= 11 is 1.65. The normalized spacial score (nSPS) is 10.5. The van der Waals surface area contributed by atoms with E-state index in [9.17, 15) is 4.79 Å². The third-order valence-electron chi connectivity index (χ3n) is 3.28. The molecule has 0 bridgehead atoms. The number of para-hydroxylation sites is 1. The molecule has 106 valence electrons. The van der Waals surface area contributed by atoms with Crippen molar-refractivity contribution in [3.8, 4) is 5.69 Å². The Morgan fingerprint density at radius 1 is 1.29 bits per heavy atom. The van der Waals surface area contributed by atoms with Crippen molar-refractivity contribution >= 4 is 17.2 Å². The smallest absolute Gasteiger partial charge is 0.270 e.